The summed E-state index contributed by atoms with van der Waals surface area (Å²) in [6.07, 6.45) is 1.62. The molecule has 4 rings (SSSR count). The van der Waals surface area contributed by atoms with E-state index < -0.39 is 25.9 Å². The second-order valence-electron chi connectivity index (χ2n) is 8.13. The summed E-state index contributed by atoms with van der Waals surface area (Å²) in [6.45, 7) is 1.84. The van der Waals surface area contributed by atoms with Gasteiger partial charge in [-0.3, -0.25) is 4.99 Å². The largest absolute Gasteiger partial charge is 0.386 e. The molecule has 0 aromatic heterocycles. The molecule has 1 fully saturated rings. The van der Waals surface area contributed by atoms with Crippen LogP contribution in [0.25, 0.3) is 0 Å². The molecule has 1 saturated carbocycles. The van der Waals surface area contributed by atoms with E-state index in [-0.39, 0.29) is 36.3 Å². The Kier molecular flexibility index (Phi) is 4.99. The molecule has 1 aliphatic heterocycles. The molecule has 0 amide bonds. The normalized spacial score (nSPS) is 28.7. The zero-order valence-electron chi connectivity index (χ0n) is 16.3. The summed E-state index contributed by atoms with van der Waals surface area (Å²) >= 11 is 0. The number of hydrogen-bond acceptors (Lipinski definition) is 5. The van der Waals surface area contributed by atoms with Crippen molar-refractivity contribution in [2.75, 3.05) is 12.4 Å². The Morgan fingerprint density at radius 2 is 1.79 bits per heavy atom. The number of aliphatic imine (C=N–C) groups is 1. The number of halogens is 1. The second-order valence-corrected chi connectivity index (χ2v) is 10.5. The highest BCUT2D eigenvalue weighted by Crippen LogP contribution is 2.49. The first-order valence-electron chi connectivity index (χ1n) is 9.73. The maximum atomic E-state index is 14.8. The molecule has 2 aromatic carbocycles. The van der Waals surface area contributed by atoms with E-state index in [9.17, 15) is 12.8 Å². The molecular formula is C22H25FN2O3S. The molecule has 1 aliphatic carbocycles. The van der Waals surface area contributed by atoms with Gasteiger partial charge in [0, 0.05) is 5.56 Å². The van der Waals surface area contributed by atoms with Crippen LogP contribution in [0.3, 0.4) is 0 Å². The van der Waals surface area contributed by atoms with Crippen LogP contribution in [-0.2, 0) is 26.7 Å². The predicted molar refractivity (Wildman–Crippen MR) is 111 cm³/mol. The number of amidine groups is 1. The van der Waals surface area contributed by atoms with E-state index in [1.165, 1.54) is 6.07 Å². The number of nitrogens with zero attached hydrogens (tertiary/aromatic N) is 1. The maximum Gasteiger partial charge on any atom is 0.166 e. The van der Waals surface area contributed by atoms with Crippen molar-refractivity contribution in [2.45, 2.75) is 36.7 Å². The molecule has 5 nitrogen and oxygen atoms in total. The highest BCUT2D eigenvalue weighted by atomic mass is 32.2. The number of ether oxygens (including phenoxy) is 1. The van der Waals surface area contributed by atoms with E-state index in [1.54, 1.807) is 25.1 Å². The van der Waals surface area contributed by atoms with Gasteiger partial charge in [-0.1, -0.05) is 48.5 Å². The predicted octanol–water partition coefficient (Wildman–Crippen LogP) is 3.19. The lowest BCUT2D eigenvalue weighted by Gasteiger charge is -2.41. The van der Waals surface area contributed by atoms with Gasteiger partial charge < -0.3 is 10.5 Å². The Bertz CT molecular complexity index is 1040. The van der Waals surface area contributed by atoms with Crippen molar-refractivity contribution >= 4 is 15.7 Å². The number of rotatable bonds is 6. The van der Waals surface area contributed by atoms with Crippen LogP contribution in [-0.4, -0.2) is 31.4 Å². The monoisotopic (exact) mass is 416 g/mol. The molecule has 1 heterocycles. The SMILES string of the molecule is CC1(C2CC2)C(N)=N[C@](COCc2ccccc2)(c2ccccc2F)CS1(=O)=O. The highest BCUT2D eigenvalue weighted by molar-refractivity contribution is 7.93. The average Bonchev–Trinajstić information content (AvgIpc) is 3.52. The van der Waals surface area contributed by atoms with Gasteiger partial charge in [-0.15, -0.1) is 0 Å². The van der Waals surface area contributed by atoms with Gasteiger partial charge in [-0.25, -0.2) is 12.8 Å². The first kappa shape index (κ1) is 20.0. The molecular weight excluding hydrogens is 391 g/mol. The van der Waals surface area contributed by atoms with Crippen LogP contribution in [0, 0.1) is 11.7 Å². The van der Waals surface area contributed by atoms with Crippen molar-refractivity contribution in [3.05, 3.63) is 71.5 Å². The number of nitrogens with two attached hydrogens (primary N) is 1. The average molecular weight is 417 g/mol. The van der Waals surface area contributed by atoms with E-state index in [1.807, 2.05) is 30.3 Å². The summed E-state index contributed by atoms with van der Waals surface area (Å²) in [5.74, 6) is -0.820. The second kappa shape index (κ2) is 7.22. The third-order valence-electron chi connectivity index (χ3n) is 6.10. The van der Waals surface area contributed by atoms with E-state index in [4.69, 9.17) is 10.5 Å². The van der Waals surface area contributed by atoms with Gasteiger partial charge in [0.15, 0.2) is 9.84 Å². The van der Waals surface area contributed by atoms with Gasteiger partial charge in [0.05, 0.1) is 19.0 Å². The molecule has 0 spiro atoms. The van der Waals surface area contributed by atoms with Crippen molar-refractivity contribution in [3.8, 4) is 0 Å². The van der Waals surface area contributed by atoms with Crippen LogP contribution in [0.4, 0.5) is 4.39 Å². The van der Waals surface area contributed by atoms with E-state index >= 15 is 0 Å². The third kappa shape index (κ3) is 3.46. The van der Waals surface area contributed by atoms with Crippen LogP contribution in [0.1, 0.15) is 30.9 Å². The Labute approximate surface area is 170 Å². The van der Waals surface area contributed by atoms with Crippen LogP contribution >= 0.6 is 0 Å². The summed E-state index contributed by atoms with van der Waals surface area (Å²) in [5, 5.41) is 0. The van der Waals surface area contributed by atoms with Gasteiger partial charge in [-0.05, 0) is 37.3 Å². The molecule has 154 valence electrons. The summed E-state index contributed by atoms with van der Waals surface area (Å²) in [7, 11) is -3.68. The smallest absolute Gasteiger partial charge is 0.166 e. The molecule has 2 N–H and O–H groups in total. The molecule has 29 heavy (non-hydrogen) atoms. The molecule has 0 bridgehead atoms. The topological polar surface area (TPSA) is 81.8 Å². The van der Waals surface area contributed by atoms with Crippen LogP contribution in [0.2, 0.25) is 0 Å². The highest BCUT2D eigenvalue weighted by Gasteiger charge is 2.60. The Morgan fingerprint density at radius 3 is 2.41 bits per heavy atom. The van der Waals surface area contributed by atoms with E-state index in [0.717, 1.165) is 18.4 Å². The minimum Gasteiger partial charge on any atom is -0.386 e. The van der Waals surface area contributed by atoms with Crippen LogP contribution in [0.15, 0.2) is 59.6 Å². The fraction of sp³-hybridized carbons (Fsp3) is 0.409. The lowest BCUT2D eigenvalue weighted by Crippen LogP contribution is -2.59. The van der Waals surface area contributed by atoms with Gasteiger partial charge in [0.25, 0.3) is 0 Å². The zero-order valence-corrected chi connectivity index (χ0v) is 17.2. The summed E-state index contributed by atoms with van der Waals surface area (Å²) in [5.41, 5.74) is 5.99. The lowest BCUT2D eigenvalue weighted by atomic mass is 9.91. The maximum absolute atomic E-state index is 14.8. The summed E-state index contributed by atoms with van der Waals surface area (Å²) in [4.78, 5) is 4.64. The minimum absolute atomic E-state index is 0.0277. The quantitative estimate of drug-likeness (QED) is 0.784. The molecule has 0 saturated heterocycles. The Balaban J connectivity index is 1.74. The minimum atomic E-state index is -3.68. The van der Waals surface area contributed by atoms with E-state index in [2.05, 4.69) is 4.99 Å². The Hall–Kier alpha value is -2.25. The molecule has 7 heteroatoms. The molecule has 0 radical (unpaired) electrons. The Morgan fingerprint density at radius 1 is 1.14 bits per heavy atom. The van der Waals surface area contributed by atoms with E-state index in [0.29, 0.717) is 0 Å². The lowest BCUT2D eigenvalue weighted by molar-refractivity contribution is 0.0780. The first-order chi connectivity index (χ1) is 13.8. The molecule has 2 atom stereocenters. The van der Waals surface area contributed by atoms with Crippen LogP contribution < -0.4 is 5.73 Å². The number of hydrogen-bond donors (Lipinski definition) is 1. The van der Waals surface area contributed by atoms with Crippen molar-refractivity contribution in [2.24, 2.45) is 16.6 Å². The van der Waals surface area contributed by atoms with Gasteiger partial charge in [-0.2, -0.15) is 0 Å². The first-order valence-corrected chi connectivity index (χ1v) is 11.4. The summed E-state index contributed by atoms with van der Waals surface area (Å²) in [6, 6.07) is 15.6. The van der Waals surface area contributed by atoms with Crippen molar-refractivity contribution < 1.29 is 17.5 Å². The zero-order chi connectivity index (χ0) is 20.7. The third-order valence-corrected chi connectivity index (χ3v) is 8.79. The van der Waals surface area contributed by atoms with Crippen LogP contribution in [0.5, 0.6) is 0 Å². The van der Waals surface area contributed by atoms with Crippen molar-refractivity contribution in [1.29, 1.82) is 0 Å². The molecule has 2 aliphatic rings. The molecule has 1 unspecified atom stereocenters. The fourth-order valence-electron chi connectivity index (χ4n) is 4.13. The van der Waals surface area contributed by atoms with Gasteiger partial charge in [0.1, 0.15) is 21.9 Å². The number of benzene rings is 2. The molecule has 2 aromatic rings. The number of sulfone groups is 1. The van der Waals surface area contributed by atoms with Crippen molar-refractivity contribution in [1.82, 2.24) is 0 Å². The standard InChI is InChI=1S/C22H25FN2O3S/c1-21(17-11-12-17)20(24)25-22(15-29(21,26)27,18-9-5-6-10-19(18)23)14-28-13-16-7-3-2-4-8-16/h2-10,17H,11-15H2,1H3,(H2,24,25)/t21?,22-/m0/s1. The fourth-order valence-corrected chi connectivity index (χ4v) is 6.47. The summed E-state index contributed by atoms with van der Waals surface area (Å²) < 4.78 is 46.2. The van der Waals surface area contributed by atoms with Gasteiger partial charge in [0.2, 0.25) is 0 Å². The van der Waals surface area contributed by atoms with Crippen molar-refractivity contribution in [3.63, 3.8) is 0 Å². The van der Waals surface area contributed by atoms with Gasteiger partial charge >= 0.3 is 0 Å².